The summed E-state index contributed by atoms with van der Waals surface area (Å²) in [6, 6.07) is 4.53. The lowest BCUT2D eigenvalue weighted by Crippen LogP contribution is -2.18. The molecule has 0 aliphatic carbocycles. The van der Waals surface area contributed by atoms with Crippen molar-refractivity contribution in [3.63, 3.8) is 0 Å². The smallest absolute Gasteiger partial charge is 0.124 e. The van der Waals surface area contributed by atoms with Crippen LogP contribution in [0.3, 0.4) is 0 Å². The van der Waals surface area contributed by atoms with Crippen LogP contribution < -0.4 is 5.32 Å². The lowest BCUT2D eigenvalue weighted by molar-refractivity contribution is 0.570. The molecule has 1 N–H and O–H groups in total. The summed E-state index contributed by atoms with van der Waals surface area (Å²) in [7, 11) is 0. The molecule has 1 aromatic carbocycles. The molecule has 18 heavy (non-hydrogen) atoms. The molecule has 0 fully saturated rings. The summed E-state index contributed by atoms with van der Waals surface area (Å²) in [5, 5.41) is 4.82. The summed E-state index contributed by atoms with van der Waals surface area (Å²) in [6.45, 7) is 4.72. The number of aryl methyl sites for hydroxylation is 1. The minimum absolute atomic E-state index is 0.0577. The molecular weight excluding hydrogens is 271 g/mol. The summed E-state index contributed by atoms with van der Waals surface area (Å²) >= 11 is 7.68. The van der Waals surface area contributed by atoms with Gasteiger partial charge >= 0.3 is 0 Å². The molecule has 0 radical (unpaired) electrons. The Kier molecular flexibility index (Phi) is 4.32. The summed E-state index contributed by atoms with van der Waals surface area (Å²) < 4.78 is 13.0. The van der Waals surface area contributed by atoms with E-state index in [0.29, 0.717) is 11.6 Å². The summed E-state index contributed by atoms with van der Waals surface area (Å²) in [5.74, 6) is -0.313. The fourth-order valence-electron chi connectivity index (χ4n) is 1.69. The fraction of sp³-hybridized carbons (Fsp3) is 0.308. The fourth-order valence-corrected chi connectivity index (χ4v) is 2.76. The average molecular weight is 285 g/mol. The first-order valence-electron chi connectivity index (χ1n) is 5.66. The van der Waals surface area contributed by atoms with Crippen LogP contribution in [0, 0.1) is 12.7 Å². The third-order valence-electron chi connectivity index (χ3n) is 2.66. The Bertz CT molecular complexity index is 542. The highest BCUT2D eigenvalue weighted by Crippen LogP contribution is 2.24. The Morgan fingerprint density at radius 2 is 2.28 bits per heavy atom. The average Bonchev–Trinajstić information content (AvgIpc) is 2.72. The number of rotatable bonds is 4. The highest BCUT2D eigenvalue weighted by molar-refractivity contribution is 7.11. The van der Waals surface area contributed by atoms with Crippen molar-refractivity contribution < 1.29 is 4.39 Å². The number of aromatic nitrogens is 1. The molecule has 0 saturated carbocycles. The predicted octanol–water partition coefficient (Wildman–Crippen LogP) is 4.09. The Morgan fingerprint density at radius 1 is 1.50 bits per heavy atom. The van der Waals surface area contributed by atoms with Gasteiger partial charge in [0.1, 0.15) is 10.8 Å². The molecule has 0 aliphatic heterocycles. The highest BCUT2D eigenvalue weighted by atomic mass is 35.5. The van der Waals surface area contributed by atoms with E-state index in [-0.39, 0.29) is 11.9 Å². The summed E-state index contributed by atoms with van der Waals surface area (Å²) in [4.78, 5) is 5.47. The Labute approximate surface area is 115 Å². The summed E-state index contributed by atoms with van der Waals surface area (Å²) in [5.41, 5.74) is 0.895. The summed E-state index contributed by atoms with van der Waals surface area (Å²) in [6.07, 6.45) is 1.86. The number of nitrogens with zero attached hydrogens (tertiary/aromatic N) is 1. The van der Waals surface area contributed by atoms with Gasteiger partial charge in [-0.1, -0.05) is 17.7 Å². The minimum atomic E-state index is -0.313. The van der Waals surface area contributed by atoms with Crippen LogP contribution in [-0.4, -0.2) is 4.98 Å². The molecular formula is C13H14ClFN2S. The second kappa shape index (κ2) is 5.78. The van der Waals surface area contributed by atoms with Gasteiger partial charge in [-0.25, -0.2) is 9.37 Å². The predicted molar refractivity (Wildman–Crippen MR) is 73.5 cm³/mol. The van der Waals surface area contributed by atoms with Gasteiger partial charge in [-0.3, -0.25) is 0 Å². The third kappa shape index (κ3) is 3.28. The van der Waals surface area contributed by atoms with Crippen molar-refractivity contribution in [1.82, 2.24) is 10.3 Å². The Morgan fingerprint density at radius 3 is 2.89 bits per heavy atom. The quantitative estimate of drug-likeness (QED) is 0.914. The van der Waals surface area contributed by atoms with Gasteiger partial charge in [0.2, 0.25) is 0 Å². The molecule has 0 aliphatic rings. The Hall–Kier alpha value is -0.970. The van der Waals surface area contributed by atoms with Gasteiger partial charge in [0, 0.05) is 28.7 Å². The molecule has 5 heteroatoms. The van der Waals surface area contributed by atoms with Gasteiger partial charge in [-0.15, -0.1) is 11.3 Å². The van der Waals surface area contributed by atoms with Crippen molar-refractivity contribution >= 4 is 22.9 Å². The molecule has 0 saturated heterocycles. The maximum atomic E-state index is 13.0. The molecule has 0 bridgehead atoms. The van der Waals surface area contributed by atoms with Crippen molar-refractivity contribution in [3.8, 4) is 0 Å². The van der Waals surface area contributed by atoms with Crippen molar-refractivity contribution in [2.24, 2.45) is 0 Å². The van der Waals surface area contributed by atoms with Gasteiger partial charge in [-0.05, 0) is 31.5 Å². The molecule has 1 aromatic heterocycles. The van der Waals surface area contributed by atoms with Crippen LogP contribution in [-0.2, 0) is 6.54 Å². The molecule has 2 rings (SSSR count). The van der Waals surface area contributed by atoms with E-state index in [2.05, 4.69) is 10.3 Å². The van der Waals surface area contributed by atoms with Crippen molar-refractivity contribution in [3.05, 3.63) is 50.7 Å². The van der Waals surface area contributed by atoms with Crippen LogP contribution in [0.15, 0.2) is 24.4 Å². The number of hydrogen-bond donors (Lipinski definition) is 1. The molecule has 0 spiro atoms. The first-order chi connectivity index (χ1) is 8.56. The van der Waals surface area contributed by atoms with E-state index in [9.17, 15) is 4.39 Å². The van der Waals surface area contributed by atoms with Gasteiger partial charge in [0.15, 0.2) is 0 Å². The normalized spacial score (nSPS) is 12.7. The number of halogens is 2. The van der Waals surface area contributed by atoms with E-state index in [0.717, 1.165) is 10.6 Å². The zero-order chi connectivity index (χ0) is 13.1. The molecule has 1 atom stereocenters. The second-order valence-electron chi connectivity index (χ2n) is 4.13. The van der Waals surface area contributed by atoms with Crippen molar-refractivity contribution in [2.75, 3.05) is 0 Å². The van der Waals surface area contributed by atoms with Gasteiger partial charge in [-0.2, -0.15) is 0 Å². The SMILES string of the molecule is Cc1cnc(CNC(C)c2ccc(F)cc2Cl)s1. The second-order valence-corrected chi connectivity index (χ2v) is 5.86. The third-order valence-corrected chi connectivity index (χ3v) is 3.90. The minimum Gasteiger partial charge on any atom is -0.304 e. The van der Waals surface area contributed by atoms with E-state index in [1.54, 1.807) is 17.4 Å². The van der Waals surface area contributed by atoms with Gasteiger partial charge in [0.25, 0.3) is 0 Å². The van der Waals surface area contributed by atoms with Crippen LogP contribution in [0.1, 0.15) is 28.4 Å². The maximum Gasteiger partial charge on any atom is 0.124 e. The van der Waals surface area contributed by atoms with Crippen LogP contribution in [0.2, 0.25) is 5.02 Å². The molecule has 96 valence electrons. The lowest BCUT2D eigenvalue weighted by atomic mass is 10.1. The molecule has 2 nitrogen and oxygen atoms in total. The lowest BCUT2D eigenvalue weighted by Gasteiger charge is -2.14. The van der Waals surface area contributed by atoms with Crippen LogP contribution in [0.4, 0.5) is 4.39 Å². The Balaban J connectivity index is 2.01. The van der Waals surface area contributed by atoms with Crippen LogP contribution in [0.5, 0.6) is 0 Å². The number of thiazole rings is 1. The molecule has 0 amide bonds. The first kappa shape index (κ1) is 13.5. The number of hydrogen-bond acceptors (Lipinski definition) is 3. The molecule has 1 unspecified atom stereocenters. The standard InChI is InChI=1S/C13H14ClFN2S/c1-8-6-17-13(18-8)7-16-9(2)11-4-3-10(15)5-12(11)14/h3-6,9,16H,7H2,1-2H3. The number of benzene rings is 1. The highest BCUT2D eigenvalue weighted by Gasteiger charge is 2.10. The zero-order valence-corrected chi connectivity index (χ0v) is 11.8. The van der Waals surface area contributed by atoms with Crippen molar-refractivity contribution in [2.45, 2.75) is 26.4 Å². The van der Waals surface area contributed by atoms with Gasteiger partial charge in [0.05, 0.1) is 0 Å². The van der Waals surface area contributed by atoms with E-state index in [1.807, 2.05) is 20.0 Å². The first-order valence-corrected chi connectivity index (χ1v) is 6.85. The topological polar surface area (TPSA) is 24.9 Å². The van der Waals surface area contributed by atoms with E-state index in [1.165, 1.54) is 17.0 Å². The molecule has 1 heterocycles. The van der Waals surface area contributed by atoms with E-state index >= 15 is 0 Å². The largest absolute Gasteiger partial charge is 0.304 e. The van der Waals surface area contributed by atoms with Crippen LogP contribution in [0.25, 0.3) is 0 Å². The maximum absolute atomic E-state index is 13.0. The van der Waals surface area contributed by atoms with E-state index < -0.39 is 0 Å². The van der Waals surface area contributed by atoms with Crippen molar-refractivity contribution in [1.29, 1.82) is 0 Å². The van der Waals surface area contributed by atoms with E-state index in [4.69, 9.17) is 11.6 Å². The number of nitrogens with one attached hydrogen (secondary N) is 1. The molecule has 2 aromatic rings. The van der Waals surface area contributed by atoms with Crippen LogP contribution >= 0.6 is 22.9 Å². The monoisotopic (exact) mass is 284 g/mol. The zero-order valence-electron chi connectivity index (χ0n) is 10.2. The van der Waals surface area contributed by atoms with Gasteiger partial charge < -0.3 is 5.32 Å².